The first kappa shape index (κ1) is 16.7. The summed E-state index contributed by atoms with van der Waals surface area (Å²) < 4.78 is 19.1. The summed E-state index contributed by atoms with van der Waals surface area (Å²) in [4.78, 5) is 16.7. The molecule has 0 spiro atoms. The number of phenols is 1. The molecule has 0 bridgehead atoms. The van der Waals surface area contributed by atoms with E-state index in [9.17, 15) is 14.3 Å². The van der Waals surface area contributed by atoms with E-state index in [1.807, 2.05) is 6.92 Å². The van der Waals surface area contributed by atoms with Crippen LogP contribution in [0, 0.1) is 19.7 Å². The Morgan fingerprint density at radius 1 is 1.24 bits per heavy atom. The zero-order valence-electron chi connectivity index (χ0n) is 13.8. The summed E-state index contributed by atoms with van der Waals surface area (Å²) in [6.07, 6.45) is 1.52. The van der Waals surface area contributed by atoms with Crippen LogP contribution in [-0.4, -0.2) is 16.0 Å². The Bertz CT molecular complexity index is 921. The third kappa shape index (κ3) is 3.68. The molecule has 3 aromatic rings. The number of rotatable bonds is 4. The van der Waals surface area contributed by atoms with Crippen molar-refractivity contribution >= 4 is 5.91 Å². The summed E-state index contributed by atoms with van der Waals surface area (Å²) in [5.74, 6) is -0.729. The van der Waals surface area contributed by atoms with Gasteiger partial charge in [0, 0.05) is 11.3 Å². The lowest BCUT2D eigenvalue weighted by Gasteiger charge is -2.18. The predicted octanol–water partition coefficient (Wildman–Crippen LogP) is 3.66. The highest BCUT2D eigenvalue weighted by atomic mass is 19.1. The number of nitrogens with one attached hydrogen (secondary N) is 1. The Balaban J connectivity index is 2.00. The van der Waals surface area contributed by atoms with Crippen LogP contribution in [-0.2, 0) is 0 Å². The minimum atomic E-state index is -0.848. The van der Waals surface area contributed by atoms with Gasteiger partial charge in [0.15, 0.2) is 0 Å². The smallest absolute Gasteiger partial charge is 0.270 e. The van der Waals surface area contributed by atoms with Crippen LogP contribution in [0.1, 0.15) is 39.1 Å². The third-order valence-corrected chi connectivity index (χ3v) is 3.73. The number of aryl methyl sites for hydroxylation is 2. The number of pyridine rings is 1. The third-order valence-electron chi connectivity index (χ3n) is 3.73. The van der Waals surface area contributed by atoms with Gasteiger partial charge < -0.3 is 14.8 Å². The lowest BCUT2D eigenvalue weighted by atomic mass is 10.0. The van der Waals surface area contributed by atoms with E-state index >= 15 is 0 Å². The van der Waals surface area contributed by atoms with Crippen LogP contribution in [0.25, 0.3) is 0 Å². The molecule has 2 heterocycles. The van der Waals surface area contributed by atoms with Crippen LogP contribution in [0.4, 0.5) is 4.39 Å². The van der Waals surface area contributed by atoms with E-state index in [2.05, 4.69) is 10.3 Å². The van der Waals surface area contributed by atoms with Gasteiger partial charge >= 0.3 is 0 Å². The Labute approximate surface area is 144 Å². The normalized spacial score (nSPS) is 12.0. The molecular formula is C19H17FN2O3. The molecule has 0 fully saturated rings. The van der Waals surface area contributed by atoms with Crippen LogP contribution < -0.4 is 5.32 Å². The molecule has 1 atom stereocenters. The van der Waals surface area contributed by atoms with Gasteiger partial charge in [-0.25, -0.2) is 9.37 Å². The number of nitrogens with zero attached hydrogens (tertiary/aromatic N) is 1. The molecule has 2 aromatic heterocycles. The number of hydrogen-bond donors (Lipinski definition) is 2. The van der Waals surface area contributed by atoms with Crippen molar-refractivity contribution in [2.24, 2.45) is 0 Å². The van der Waals surface area contributed by atoms with Crippen molar-refractivity contribution in [2.45, 2.75) is 19.9 Å². The van der Waals surface area contributed by atoms with E-state index in [1.54, 1.807) is 31.2 Å². The highest BCUT2D eigenvalue weighted by Gasteiger charge is 2.24. The maximum absolute atomic E-state index is 13.7. The number of phenolic OH excluding ortho intramolecular Hbond substituents is 1. The van der Waals surface area contributed by atoms with Crippen molar-refractivity contribution in [2.75, 3.05) is 0 Å². The molecule has 0 aliphatic rings. The molecule has 5 nitrogen and oxygen atoms in total. The maximum atomic E-state index is 13.7. The molecule has 1 aromatic carbocycles. The van der Waals surface area contributed by atoms with Crippen LogP contribution >= 0.6 is 0 Å². The highest BCUT2D eigenvalue weighted by Crippen LogP contribution is 2.31. The quantitative estimate of drug-likeness (QED) is 0.760. The maximum Gasteiger partial charge on any atom is 0.270 e. The number of carbonyl (C=O) groups is 1. The van der Waals surface area contributed by atoms with Crippen LogP contribution in [0.5, 0.6) is 5.75 Å². The number of benzene rings is 1. The number of aromatic hydroxyl groups is 1. The van der Waals surface area contributed by atoms with E-state index in [1.165, 1.54) is 18.4 Å². The minimum Gasteiger partial charge on any atom is -0.508 e. The molecular weight excluding hydrogens is 323 g/mol. The summed E-state index contributed by atoms with van der Waals surface area (Å²) in [6.45, 7) is 3.61. The van der Waals surface area contributed by atoms with Crippen molar-refractivity contribution < 1.29 is 18.7 Å². The molecule has 0 aliphatic carbocycles. The van der Waals surface area contributed by atoms with E-state index < -0.39 is 17.8 Å². The second-order valence-corrected chi connectivity index (χ2v) is 5.80. The molecule has 2 N–H and O–H groups in total. The number of aromatic nitrogens is 1. The summed E-state index contributed by atoms with van der Waals surface area (Å²) in [5.41, 5.74) is 1.98. The molecule has 25 heavy (non-hydrogen) atoms. The van der Waals surface area contributed by atoms with Gasteiger partial charge in [-0.05, 0) is 55.8 Å². The van der Waals surface area contributed by atoms with Crippen molar-refractivity contribution in [3.05, 3.63) is 82.8 Å². The summed E-state index contributed by atoms with van der Waals surface area (Å²) >= 11 is 0. The second-order valence-electron chi connectivity index (χ2n) is 5.80. The fourth-order valence-electron chi connectivity index (χ4n) is 2.54. The number of hydrogen-bond acceptors (Lipinski definition) is 4. The Morgan fingerprint density at radius 2 is 2.04 bits per heavy atom. The first-order valence-electron chi connectivity index (χ1n) is 7.72. The zero-order chi connectivity index (χ0) is 18.0. The van der Waals surface area contributed by atoms with E-state index in [4.69, 9.17) is 4.42 Å². The molecule has 6 heteroatoms. The minimum absolute atomic E-state index is 0.141. The summed E-state index contributed by atoms with van der Waals surface area (Å²) in [6, 6.07) is 9.52. The lowest BCUT2D eigenvalue weighted by molar-refractivity contribution is 0.0933. The van der Waals surface area contributed by atoms with Crippen LogP contribution in [0.3, 0.4) is 0 Å². The Kier molecular flexibility index (Phi) is 4.52. The van der Waals surface area contributed by atoms with Gasteiger partial charge in [-0.1, -0.05) is 6.07 Å². The molecule has 0 saturated carbocycles. The second kappa shape index (κ2) is 6.76. The van der Waals surface area contributed by atoms with Gasteiger partial charge in [0.05, 0.1) is 6.26 Å². The van der Waals surface area contributed by atoms with Gasteiger partial charge in [0.25, 0.3) is 5.91 Å². The lowest BCUT2D eigenvalue weighted by Crippen LogP contribution is -2.30. The van der Waals surface area contributed by atoms with Crippen molar-refractivity contribution in [3.63, 3.8) is 0 Å². The standard InChI is InChI=1S/C19H17FN2O3/c1-11-8-17(25-10-11)18(14-9-13(20)6-7-16(14)23)22-19(24)15-5-3-4-12(2)21-15/h3-10,18,23H,1-2H3,(H,22,24)/t18-/m1/s1. The summed E-state index contributed by atoms with van der Waals surface area (Å²) in [7, 11) is 0. The average molecular weight is 340 g/mol. The molecule has 0 unspecified atom stereocenters. The van der Waals surface area contributed by atoms with Gasteiger partial charge in [0.2, 0.25) is 0 Å². The van der Waals surface area contributed by atoms with Gasteiger partial charge in [-0.15, -0.1) is 0 Å². The molecule has 0 saturated heterocycles. The topological polar surface area (TPSA) is 75.4 Å². The predicted molar refractivity (Wildman–Crippen MR) is 89.8 cm³/mol. The molecule has 128 valence electrons. The fraction of sp³-hybridized carbons (Fsp3) is 0.158. The first-order chi connectivity index (χ1) is 11.9. The van der Waals surface area contributed by atoms with E-state index in [0.29, 0.717) is 11.5 Å². The highest BCUT2D eigenvalue weighted by molar-refractivity contribution is 5.92. The van der Waals surface area contributed by atoms with Gasteiger partial charge in [-0.3, -0.25) is 4.79 Å². The van der Waals surface area contributed by atoms with Crippen LogP contribution in [0.15, 0.2) is 53.1 Å². The molecule has 0 radical (unpaired) electrons. The number of carbonyl (C=O) groups excluding carboxylic acids is 1. The first-order valence-corrected chi connectivity index (χ1v) is 7.72. The van der Waals surface area contributed by atoms with Crippen molar-refractivity contribution in [1.29, 1.82) is 0 Å². The number of furan rings is 1. The molecule has 0 aliphatic heterocycles. The van der Waals surface area contributed by atoms with Crippen LogP contribution in [0.2, 0.25) is 0 Å². The monoisotopic (exact) mass is 340 g/mol. The summed E-state index contributed by atoms with van der Waals surface area (Å²) in [5, 5.41) is 12.9. The Morgan fingerprint density at radius 3 is 2.72 bits per heavy atom. The number of amides is 1. The average Bonchev–Trinajstić information content (AvgIpc) is 3.01. The SMILES string of the molecule is Cc1coc([C@H](NC(=O)c2cccc(C)n2)c2cc(F)ccc2O)c1. The molecule has 1 amide bonds. The van der Waals surface area contributed by atoms with E-state index in [0.717, 1.165) is 11.6 Å². The van der Waals surface area contributed by atoms with Gasteiger partial charge in [0.1, 0.15) is 29.1 Å². The van der Waals surface area contributed by atoms with Crippen molar-refractivity contribution in [3.8, 4) is 5.75 Å². The zero-order valence-corrected chi connectivity index (χ0v) is 13.8. The fourth-order valence-corrected chi connectivity index (χ4v) is 2.54. The molecule has 3 rings (SSSR count). The Hall–Kier alpha value is -3.15. The van der Waals surface area contributed by atoms with E-state index in [-0.39, 0.29) is 17.0 Å². The van der Waals surface area contributed by atoms with Gasteiger partial charge in [-0.2, -0.15) is 0 Å². The van der Waals surface area contributed by atoms with Crippen molar-refractivity contribution in [1.82, 2.24) is 10.3 Å². The largest absolute Gasteiger partial charge is 0.508 e. The number of halogens is 1.